The molecule has 1 saturated carbocycles. The summed E-state index contributed by atoms with van der Waals surface area (Å²) in [6.45, 7) is 0. The number of nitrogens with zero attached hydrogens (tertiary/aromatic N) is 2. The van der Waals surface area contributed by atoms with E-state index in [1.54, 1.807) is 15.9 Å². The van der Waals surface area contributed by atoms with Gasteiger partial charge < -0.3 is 5.11 Å². The first-order valence-electron chi connectivity index (χ1n) is 6.61. The summed E-state index contributed by atoms with van der Waals surface area (Å²) < 4.78 is 1.76. The molecule has 0 bridgehead atoms. The largest absolute Gasteiger partial charge is 0.493 e. The Labute approximate surface area is 115 Å². The van der Waals surface area contributed by atoms with E-state index in [9.17, 15) is 9.90 Å². The third-order valence-corrected chi connectivity index (χ3v) is 4.34. The summed E-state index contributed by atoms with van der Waals surface area (Å²) in [4.78, 5) is 16.4. The summed E-state index contributed by atoms with van der Waals surface area (Å²) >= 11 is 1.56. The molecule has 5 heteroatoms. The molecule has 0 saturated heterocycles. The van der Waals surface area contributed by atoms with Crippen molar-refractivity contribution in [3.05, 3.63) is 33.2 Å². The highest BCUT2D eigenvalue weighted by Gasteiger charge is 2.21. The monoisotopic (exact) mass is 276 g/mol. The Morgan fingerprint density at radius 2 is 2.11 bits per heavy atom. The summed E-state index contributed by atoms with van der Waals surface area (Å²) in [5.41, 5.74) is 0.754. The average molecular weight is 276 g/mol. The maximum absolute atomic E-state index is 12.2. The minimum Gasteiger partial charge on any atom is -0.493 e. The second kappa shape index (κ2) is 5.17. The zero-order chi connectivity index (χ0) is 13.2. The maximum Gasteiger partial charge on any atom is 0.257 e. The molecule has 0 aromatic carbocycles. The lowest BCUT2D eigenvalue weighted by Gasteiger charge is -2.25. The molecule has 1 fully saturated rings. The summed E-state index contributed by atoms with van der Waals surface area (Å²) in [5.74, 6) is 0.399. The molecule has 0 aliphatic heterocycles. The van der Waals surface area contributed by atoms with Gasteiger partial charge in [-0.2, -0.15) is 16.3 Å². The van der Waals surface area contributed by atoms with Gasteiger partial charge in [-0.05, 0) is 24.3 Å². The van der Waals surface area contributed by atoms with Crippen LogP contribution in [0, 0.1) is 0 Å². The van der Waals surface area contributed by atoms with Gasteiger partial charge >= 0.3 is 0 Å². The summed E-state index contributed by atoms with van der Waals surface area (Å²) in [6.07, 6.45) is 5.58. The normalized spacial score (nSPS) is 16.6. The molecule has 4 nitrogen and oxygen atoms in total. The molecule has 1 N–H and O–H groups in total. The predicted octanol–water partition coefficient (Wildman–Crippen LogP) is 3.18. The van der Waals surface area contributed by atoms with Gasteiger partial charge in [0.05, 0.1) is 6.07 Å². The predicted molar refractivity (Wildman–Crippen MR) is 75.6 cm³/mol. The smallest absolute Gasteiger partial charge is 0.257 e. The van der Waals surface area contributed by atoms with Crippen LogP contribution in [0.4, 0.5) is 0 Å². The molecular weight excluding hydrogens is 260 g/mol. The second-order valence-electron chi connectivity index (χ2n) is 4.95. The Bertz CT molecular complexity index is 613. The molecule has 1 aliphatic carbocycles. The van der Waals surface area contributed by atoms with E-state index in [2.05, 4.69) is 4.98 Å². The second-order valence-corrected chi connectivity index (χ2v) is 5.73. The number of aromatic nitrogens is 2. The minimum absolute atomic E-state index is 0.152. The molecule has 3 rings (SSSR count). The Balaban J connectivity index is 2.13. The first-order valence-corrected chi connectivity index (χ1v) is 7.55. The van der Waals surface area contributed by atoms with Crippen LogP contribution >= 0.6 is 11.3 Å². The first kappa shape index (κ1) is 12.4. The minimum atomic E-state index is -0.196. The highest BCUT2D eigenvalue weighted by molar-refractivity contribution is 7.08. The van der Waals surface area contributed by atoms with Crippen LogP contribution in [-0.2, 0) is 0 Å². The van der Waals surface area contributed by atoms with Gasteiger partial charge in [-0.1, -0.05) is 19.3 Å². The van der Waals surface area contributed by atoms with Crippen molar-refractivity contribution >= 4 is 11.3 Å². The summed E-state index contributed by atoms with van der Waals surface area (Å²) in [7, 11) is 0. The molecule has 1 aliphatic rings. The van der Waals surface area contributed by atoms with E-state index in [0.717, 1.165) is 31.2 Å². The van der Waals surface area contributed by atoms with Crippen LogP contribution in [0.25, 0.3) is 11.4 Å². The van der Waals surface area contributed by atoms with Gasteiger partial charge in [0.15, 0.2) is 0 Å². The molecule has 0 atom stereocenters. The maximum atomic E-state index is 12.2. The van der Waals surface area contributed by atoms with E-state index < -0.39 is 0 Å². The van der Waals surface area contributed by atoms with Crippen LogP contribution < -0.4 is 5.56 Å². The molecule has 2 aromatic heterocycles. The van der Waals surface area contributed by atoms with Crippen molar-refractivity contribution < 1.29 is 5.11 Å². The van der Waals surface area contributed by atoms with Crippen molar-refractivity contribution in [1.29, 1.82) is 0 Å². The van der Waals surface area contributed by atoms with Gasteiger partial charge in [-0.25, -0.2) is 0 Å². The highest BCUT2D eigenvalue weighted by Crippen LogP contribution is 2.31. The van der Waals surface area contributed by atoms with Gasteiger partial charge in [0, 0.05) is 17.0 Å². The van der Waals surface area contributed by atoms with Crippen molar-refractivity contribution in [3.63, 3.8) is 0 Å². The standard InChI is InChI=1S/C14H16N2O2S/c17-12-8-13(18)16(11-4-2-1-3-5-11)14(15-12)10-6-7-19-9-10/h6-9,11,17H,1-5H2. The molecule has 0 unspecified atom stereocenters. The van der Waals surface area contributed by atoms with Gasteiger partial charge in [0.1, 0.15) is 5.82 Å². The van der Waals surface area contributed by atoms with Crippen LogP contribution in [-0.4, -0.2) is 14.7 Å². The van der Waals surface area contributed by atoms with Crippen molar-refractivity contribution in [2.45, 2.75) is 38.1 Å². The highest BCUT2D eigenvalue weighted by atomic mass is 32.1. The van der Waals surface area contributed by atoms with Crippen molar-refractivity contribution in [3.8, 4) is 17.3 Å². The van der Waals surface area contributed by atoms with Crippen LogP contribution in [0.15, 0.2) is 27.7 Å². The fourth-order valence-electron chi connectivity index (χ4n) is 2.77. The lowest BCUT2D eigenvalue weighted by atomic mass is 9.95. The van der Waals surface area contributed by atoms with E-state index >= 15 is 0 Å². The van der Waals surface area contributed by atoms with Crippen LogP contribution in [0.5, 0.6) is 5.88 Å². The first-order chi connectivity index (χ1) is 9.25. The van der Waals surface area contributed by atoms with Crippen LogP contribution in [0.2, 0.25) is 0 Å². The third kappa shape index (κ3) is 2.42. The molecule has 100 valence electrons. The molecule has 2 aromatic rings. The van der Waals surface area contributed by atoms with E-state index in [0.29, 0.717) is 5.82 Å². The van der Waals surface area contributed by atoms with Gasteiger partial charge in [-0.3, -0.25) is 9.36 Å². The van der Waals surface area contributed by atoms with Gasteiger partial charge in [-0.15, -0.1) is 0 Å². The summed E-state index contributed by atoms with van der Waals surface area (Å²) in [6, 6.07) is 3.36. The zero-order valence-electron chi connectivity index (χ0n) is 10.6. The fourth-order valence-corrected chi connectivity index (χ4v) is 3.40. The Kier molecular flexibility index (Phi) is 3.38. The van der Waals surface area contributed by atoms with E-state index in [1.165, 1.54) is 12.5 Å². The molecule has 2 heterocycles. The Morgan fingerprint density at radius 1 is 1.32 bits per heavy atom. The van der Waals surface area contributed by atoms with E-state index in [-0.39, 0.29) is 17.5 Å². The lowest BCUT2D eigenvalue weighted by molar-refractivity contribution is 0.343. The Morgan fingerprint density at radius 3 is 2.79 bits per heavy atom. The quantitative estimate of drug-likeness (QED) is 0.916. The van der Waals surface area contributed by atoms with Gasteiger partial charge in [0.25, 0.3) is 5.56 Å². The number of rotatable bonds is 2. The number of thiophene rings is 1. The SMILES string of the molecule is O=c1cc(O)nc(-c2ccsc2)n1C1CCCCC1. The van der Waals surface area contributed by atoms with E-state index in [4.69, 9.17) is 0 Å². The van der Waals surface area contributed by atoms with Crippen molar-refractivity contribution in [2.24, 2.45) is 0 Å². The van der Waals surface area contributed by atoms with Crippen molar-refractivity contribution in [1.82, 2.24) is 9.55 Å². The zero-order valence-corrected chi connectivity index (χ0v) is 11.4. The summed E-state index contributed by atoms with van der Waals surface area (Å²) in [5, 5.41) is 13.5. The molecule has 0 radical (unpaired) electrons. The molecule has 0 amide bonds. The molecule has 0 spiro atoms. The fraction of sp³-hybridized carbons (Fsp3) is 0.429. The Hall–Kier alpha value is -1.62. The van der Waals surface area contributed by atoms with Gasteiger partial charge in [0.2, 0.25) is 5.88 Å². The van der Waals surface area contributed by atoms with Crippen molar-refractivity contribution in [2.75, 3.05) is 0 Å². The van der Waals surface area contributed by atoms with E-state index in [1.807, 2.05) is 16.8 Å². The topological polar surface area (TPSA) is 55.1 Å². The lowest BCUT2D eigenvalue weighted by Crippen LogP contribution is -2.28. The average Bonchev–Trinajstić information content (AvgIpc) is 2.92. The molecular formula is C14H16N2O2S. The van der Waals surface area contributed by atoms with Crippen LogP contribution in [0.3, 0.4) is 0 Å². The molecule has 19 heavy (non-hydrogen) atoms. The number of hydrogen-bond acceptors (Lipinski definition) is 4. The van der Waals surface area contributed by atoms with Crippen LogP contribution in [0.1, 0.15) is 38.1 Å². The third-order valence-electron chi connectivity index (χ3n) is 3.66. The number of hydrogen-bond donors (Lipinski definition) is 1. The number of aromatic hydroxyl groups is 1.